The fourth-order valence-corrected chi connectivity index (χ4v) is 2.00. The highest BCUT2D eigenvalue weighted by molar-refractivity contribution is 5.66. The number of nitro groups is 1. The van der Waals surface area contributed by atoms with E-state index in [-0.39, 0.29) is 16.7 Å². The van der Waals surface area contributed by atoms with Crippen molar-refractivity contribution in [2.24, 2.45) is 5.73 Å². The molecule has 2 aromatic rings. The summed E-state index contributed by atoms with van der Waals surface area (Å²) in [7, 11) is 0. The quantitative estimate of drug-likeness (QED) is 0.674. The van der Waals surface area contributed by atoms with Crippen molar-refractivity contribution in [1.82, 2.24) is 0 Å². The highest BCUT2D eigenvalue weighted by Gasteiger charge is 2.07. The number of nitro benzene ring substituents is 1. The van der Waals surface area contributed by atoms with Crippen LogP contribution < -0.4 is 5.73 Å². The highest BCUT2D eigenvalue weighted by Crippen LogP contribution is 2.24. The van der Waals surface area contributed by atoms with Gasteiger partial charge >= 0.3 is 0 Å². The van der Waals surface area contributed by atoms with E-state index in [0.29, 0.717) is 0 Å². The molecule has 2 rings (SSSR count). The van der Waals surface area contributed by atoms with Gasteiger partial charge in [-0.2, -0.15) is 0 Å². The molecule has 0 aromatic heterocycles. The first-order valence-corrected chi connectivity index (χ1v) is 6.15. The zero-order valence-corrected chi connectivity index (χ0v) is 10.7. The van der Waals surface area contributed by atoms with Crippen molar-refractivity contribution >= 4 is 5.69 Å². The molecule has 0 aliphatic carbocycles. The van der Waals surface area contributed by atoms with Crippen LogP contribution in [-0.2, 0) is 6.42 Å². The maximum absolute atomic E-state index is 10.8. The molecule has 0 aliphatic rings. The van der Waals surface area contributed by atoms with Crippen LogP contribution in [0.4, 0.5) is 5.69 Å². The van der Waals surface area contributed by atoms with Crippen molar-refractivity contribution < 1.29 is 4.92 Å². The van der Waals surface area contributed by atoms with Crippen LogP contribution in [0.3, 0.4) is 0 Å². The summed E-state index contributed by atoms with van der Waals surface area (Å²) in [5.74, 6) is 0. The second-order valence-corrected chi connectivity index (χ2v) is 4.69. The number of rotatable bonds is 4. The average Bonchev–Trinajstić information content (AvgIpc) is 2.39. The average molecular weight is 256 g/mol. The van der Waals surface area contributed by atoms with Gasteiger partial charge in [-0.15, -0.1) is 0 Å². The molecule has 0 heterocycles. The Kier molecular flexibility index (Phi) is 3.92. The number of non-ortho nitro benzene ring substituents is 1. The van der Waals surface area contributed by atoms with E-state index in [9.17, 15) is 10.1 Å². The van der Waals surface area contributed by atoms with Gasteiger partial charge in [-0.3, -0.25) is 10.1 Å². The molecule has 4 heteroatoms. The summed E-state index contributed by atoms with van der Waals surface area (Å²) in [5.41, 5.74) is 8.85. The van der Waals surface area contributed by atoms with E-state index in [1.807, 2.05) is 37.3 Å². The Bertz CT molecular complexity index is 577. The Hall–Kier alpha value is -2.20. The van der Waals surface area contributed by atoms with Crippen LogP contribution in [0.2, 0.25) is 0 Å². The minimum atomic E-state index is -0.381. The van der Waals surface area contributed by atoms with Gasteiger partial charge in [0.15, 0.2) is 0 Å². The lowest BCUT2D eigenvalue weighted by atomic mass is 10.0. The molecule has 2 aromatic carbocycles. The van der Waals surface area contributed by atoms with E-state index in [4.69, 9.17) is 5.73 Å². The van der Waals surface area contributed by atoms with Gasteiger partial charge < -0.3 is 5.73 Å². The zero-order chi connectivity index (χ0) is 13.8. The smallest absolute Gasteiger partial charge is 0.270 e. The number of hydrogen-bond acceptors (Lipinski definition) is 3. The zero-order valence-electron chi connectivity index (χ0n) is 10.7. The molecule has 1 unspecified atom stereocenters. The van der Waals surface area contributed by atoms with Gasteiger partial charge in [-0.25, -0.2) is 0 Å². The molecule has 19 heavy (non-hydrogen) atoms. The third-order valence-corrected chi connectivity index (χ3v) is 2.90. The molecule has 2 N–H and O–H groups in total. The van der Waals surface area contributed by atoms with E-state index in [0.717, 1.165) is 17.5 Å². The lowest BCUT2D eigenvalue weighted by molar-refractivity contribution is -0.384. The standard InChI is InChI=1S/C15H16N2O2/c1-11(16)9-12-5-7-13(8-6-12)14-3-2-4-15(10-14)17(18)19/h2-8,10-11H,9,16H2,1H3. The van der Waals surface area contributed by atoms with Crippen LogP contribution >= 0.6 is 0 Å². The largest absolute Gasteiger partial charge is 0.328 e. The minimum Gasteiger partial charge on any atom is -0.328 e. The first-order chi connectivity index (χ1) is 9.06. The highest BCUT2D eigenvalue weighted by atomic mass is 16.6. The fraction of sp³-hybridized carbons (Fsp3) is 0.200. The Morgan fingerprint density at radius 3 is 2.42 bits per heavy atom. The van der Waals surface area contributed by atoms with Crippen molar-refractivity contribution in [2.75, 3.05) is 0 Å². The van der Waals surface area contributed by atoms with E-state index in [2.05, 4.69) is 0 Å². The van der Waals surface area contributed by atoms with Crippen molar-refractivity contribution in [1.29, 1.82) is 0 Å². The van der Waals surface area contributed by atoms with E-state index in [1.165, 1.54) is 11.6 Å². The Labute approximate surface area is 112 Å². The minimum absolute atomic E-state index is 0.108. The SMILES string of the molecule is CC(N)Cc1ccc(-c2cccc([N+](=O)[O-])c2)cc1. The van der Waals surface area contributed by atoms with Gasteiger partial charge in [0.05, 0.1) is 4.92 Å². The van der Waals surface area contributed by atoms with Gasteiger partial charge in [-0.05, 0) is 30.0 Å². The molecule has 0 saturated heterocycles. The molecule has 0 amide bonds. The normalized spacial score (nSPS) is 12.1. The molecule has 1 atom stereocenters. The van der Waals surface area contributed by atoms with Gasteiger partial charge in [-0.1, -0.05) is 36.4 Å². The van der Waals surface area contributed by atoms with Crippen molar-refractivity contribution in [3.05, 3.63) is 64.2 Å². The lowest BCUT2D eigenvalue weighted by Crippen LogP contribution is -2.17. The maximum atomic E-state index is 10.8. The molecule has 0 fully saturated rings. The van der Waals surface area contributed by atoms with Gasteiger partial charge in [0, 0.05) is 18.2 Å². The summed E-state index contributed by atoms with van der Waals surface area (Å²) in [6, 6.07) is 14.7. The first-order valence-electron chi connectivity index (χ1n) is 6.15. The van der Waals surface area contributed by atoms with Gasteiger partial charge in [0.25, 0.3) is 5.69 Å². The fourth-order valence-electron chi connectivity index (χ4n) is 2.00. The predicted molar refractivity (Wildman–Crippen MR) is 75.9 cm³/mol. The first kappa shape index (κ1) is 13.2. The summed E-state index contributed by atoms with van der Waals surface area (Å²) >= 11 is 0. The van der Waals surface area contributed by atoms with Crippen LogP contribution in [0, 0.1) is 10.1 Å². The Balaban J connectivity index is 2.27. The molecule has 0 saturated carbocycles. The maximum Gasteiger partial charge on any atom is 0.270 e. The number of nitrogens with zero attached hydrogens (tertiary/aromatic N) is 1. The molecule has 0 radical (unpaired) electrons. The third kappa shape index (κ3) is 3.39. The molecular weight excluding hydrogens is 240 g/mol. The van der Waals surface area contributed by atoms with Crippen LogP contribution in [-0.4, -0.2) is 11.0 Å². The van der Waals surface area contributed by atoms with Crippen molar-refractivity contribution in [2.45, 2.75) is 19.4 Å². The molecule has 0 bridgehead atoms. The number of benzene rings is 2. The van der Waals surface area contributed by atoms with E-state index in [1.54, 1.807) is 12.1 Å². The lowest BCUT2D eigenvalue weighted by Gasteiger charge is -2.07. The molecular formula is C15H16N2O2. The summed E-state index contributed by atoms with van der Waals surface area (Å²) < 4.78 is 0. The van der Waals surface area contributed by atoms with E-state index < -0.39 is 0 Å². The van der Waals surface area contributed by atoms with Crippen LogP contribution in [0.5, 0.6) is 0 Å². The monoisotopic (exact) mass is 256 g/mol. The molecule has 4 nitrogen and oxygen atoms in total. The third-order valence-electron chi connectivity index (χ3n) is 2.90. The molecule has 0 aliphatic heterocycles. The predicted octanol–water partition coefficient (Wildman–Crippen LogP) is 3.15. The Morgan fingerprint density at radius 1 is 1.16 bits per heavy atom. The summed E-state index contributed by atoms with van der Waals surface area (Å²) in [6.45, 7) is 1.97. The van der Waals surface area contributed by atoms with Gasteiger partial charge in [0.1, 0.15) is 0 Å². The molecule has 98 valence electrons. The van der Waals surface area contributed by atoms with Crippen LogP contribution in [0.15, 0.2) is 48.5 Å². The van der Waals surface area contributed by atoms with E-state index >= 15 is 0 Å². The second kappa shape index (κ2) is 5.63. The topological polar surface area (TPSA) is 69.2 Å². The summed E-state index contributed by atoms with van der Waals surface area (Å²) in [5, 5.41) is 10.8. The summed E-state index contributed by atoms with van der Waals surface area (Å²) in [4.78, 5) is 10.4. The van der Waals surface area contributed by atoms with Crippen LogP contribution in [0.25, 0.3) is 11.1 Å². The van der Waals surface area contributed by atoms with Gasteiger partial charge in [0.2, 0.25) is 0 Å². The second-order valence-electron chi connectivity index (χ2n) is 4.69. The Morgan fingerprint density at radius 2 is 1.84 bits per heavy atom. The van der Waals surface area contributed by atoms with Crippen molar-refractivity contribution in [3.63, 3.8) is 0 Å². The van der Waals surface area contributed by atoms with Crippen LogP contribution in [0.1, 0.15) is 12.5 Å². The molecule has 0 spiro atoms. The summed E-state index contributed by atoms with van der Waals surface area (Å²) in [6.07, 6.45) is 0.829. The number of nitrogens with two attached hydrogens (primary N) is 1. The van der Waals surface area contributed by atoms with Crippen molar-refractivity contribution in [3.8, 4) is 11.1 Å². The number of hydrogen-bond donors (Lipinski definition) is 1.